The van der Waals surface area contributed by atoms with Gasteiger partial charge in [0, 0.05) is 35.2 Å². The minimum atomic E-state index is -0.873. The molecule has 1 N–H and O–H groups in total. The van der Waals surface area contributed by atoms with Gasteiger partial charge < -0.3 is 14.0 Å². The number of aryl methyl sites for hydroxylation is 1. The summed E-state index contributed by atoms with van der Waals surface area (Å²) in [6.45, 7) is 2.38. The molecule has 0 aliphatic heterocycles. The number of nitrogens with one attached hydrogen (secondary N) is 1. The van der Waals surface area contributed by atoms with Crippen LogP contribution in [-0.2, 0) is 23.1 Å². The quantitative estimate of drug-likeness (QED) is 0.100. The van der Waals surface area contributed by atoms with Crippen molar-refractivity contribution in [3.05, 3.63) is 184 Å². The highest BCUT2D eigenvalue weighted by Crippen LogP contribution is 2.51. The molecule has 0 radical (unpaired) electrons. The lowest BCUT2D eigenvalue weighted by Crippen LogP contribution is -2.32. The summed E-state index contributed by atoms with van der Waals surface area (Å²) in [6, 6.07) is 44.5. The number of H-pyrrole nitrogens is 1. The van der Waals surface area contributed by atoms with Crippen LogP contribution in [0.25, 0.3) is 22.6 Å². The summed E-state index contributed by atoms with van der Waals surface area (Å²) in [4.78, 5) is 30.2. The molecule has 4 aromatic carbocycles. The van der Waals surface area contributed by atoms with Gasteiger partial charge in [-0.25, -0.2) is 4.79 Å². The average molecular weight is 703 g/mol. The average Bonchev–Trinajstić information content (AvgIpc) is 3.75. The Labute approximate surface area is 307 Å². The third-order valence-electron chi connectivity index (χ3n) is 9.43. The van der Waals surface area contributed by atoms with E-state index >= 15 is 0 Å². The first kappa shape index (κ1) is 34.8. The molecule has 0 saturated carbocycles. The van der Waals surface area contributed by atoms with Crippen molar-refractivity contribution >= 4 is 6.16 Å². The Hall–Kier alpha value is -6.68. The molecule has 0 saturated heterocycles. The first-order chi connectivity index (χ1) is 26.0. The van der Waals surface area contributed by atoms with Crippen LogP contribution in [0.3, 0.4) is 0 Å². The number of hydrogen-bond acceptors (Lipinski definition) is 8. The third kappa shape index (κ3) is 6.99. The van der Waals surface area contributed by atoms with Crippen molar-refractivity contribution in [3.63, 3.8) is 0 Å². The van der Waals surface area contributed by atoms with Crippen molar-refractivity contribution in [3.8, 4) is 28.4 Å². The molecular formula is C43H38N6O4. The molecule has 7 aromatic rings. The molecule has 0 spiro atoms. The highest BCUT2D eigenvalue weighted by Gasteiger charge is 2.42. The molecule has 7 rings (SSSR count). The van der Waals surface area contributed by atoms with Crippen LogP contribution >= 0.6 is 0 Å². The van der Waals surface area contributed by atoms with Crippen LogP contribution in [0.2, 0.25) is 0 Å². The second-order valence-electron chi connectivity index (χ2n) is 12.6. The Balaban J connectivity index is 1.41. The van der Waals surface area contributed by atoms with Gasteiger partial charge in [0.1, 0.15) is 5.75 Å². The van der Waals surface area contributed by atoms with Crippen molar-refractivity contribution in [2.75, 3.05) is 7.11 Å². The summed E-state index contributed by atoms with van der Waals surface area (Å²) in [5, 5.41) is 15.5. The normalized spacial score (nSPS) is 11.3. The molecule has 0 aliphatic carbocycles. The van der Waals surface area contributed by atoms with E-state index in [2.05, 4.69) is 111 Å². The maximum Gasteiger partial charge on any atom is 0.513 e. The summed E-state index contributed by atoms with van der Waals surface area (Å²) in [7, 11) is 1.23. The molecule has 10 nitrogen and oxygen atoms in total. The first-order valence-electron chi connectivity index (χ1n) is 17.5. The number of aromatic nitrogens is 6. The molecular weight excluding hydrogens is 665 g/mol. The van der Waals surface area contributed by atoms with Crippen molar-refractivity contribution < 1.29 is 14.3 Å². The van der Waals surface area contributed by atoms with E-state index in [1.165, 1.54) is 13.2 Å². The van der Waals surface area contributed by atoms with E-state index in [0.29, 0.717) is 18.8 Å². The fraction of sp³-hybridized carbons (Fsp3) is 0.163. The molecule has 0 unspecified atom stereocenters. The summed E-state index contributed by atoms with van der Waals surface area (Å²) in [6.07, 6.45) is 3.38. The SMILES string of the molecule is CCCCc1cc(OC(=O)OC)cc(=O)n1Cc1ccc(-c2cccc(-c3nn[nH]n3)c2C(c2ccccc2)(c2ccccc2)c2ccccc2)nc1. The number of carbonyl (C=O) groups excluding carboxylic acids is 1. The highest BCUT2D eigenvalue weighted by atomic mass is 16.7. The Kier molecular flexibility index (Phi) is 10.3. The van der Waals surface area contributed by atoms with Gasteiger partial charge in [-0.15, -0.1) is 10.2 Å². The molecule has 3 heterocycles. The van der Waals surface area contributed by atoms with E-state index in [4.69, 9.17) is 9.72 Å². The number of carbonyl (C=O) groups is 1. The van der Waals surface area contributed by atoms with Crippen LogP contribution in [0.4, 0.5) is 4.79 Å². The Morgan fingerprint density at radius 2 is 1.43 bits per heavy atom. The summed E-state index contributed by atoms with van der Waals surface area (Å²) in [5.41, 5.74) is 7.05. The lowest BCUT2D eigenvalue weighted by atomic mass is 9.62. The predicted octanol–water partition coefficient (Wildman–Crippen LogP) is 8.01. The van der Waals surface area contributed by atoms with E-state index in [1.807, 2.05) is 48.7 Å². The lowest BCUT2D eigenvalue weighted by molar-refractivity contribution is 0.121. The number of nitrogens with zero attached hydrogens (tertiary/aromatic N) is 5. The van der Waals surface area contributed by atoms with E-state index in [1.54, 1.807) is 10.6 Å². The van der Waals surface area contributed by atoms with Crippen LogP contribution < -0.4 is 10.3 Å². The zero-order valence-electron chi connectivity index (χ0n) is 29.5. The Bertz CT molecular complexity index is 2250. The van der Waals surface area contributed by atoms with Gasteiger partial charge in [0.05, 0.1) is 24.8 Å². The number of hydrogen-bond donors (Lipinski definition) is 1. The van der Waals surface area contributed by atoms with Crippen LogP contribution in [-0.4, -0.2) is 43.4 Å². The smallest absolute Gasteiger partial charge is 0.437 e. The van der Waals surface area contributed by atoms with Gasteiger partial charge in [-0.05, 0) is 51.9 Å². The van der Waals surface area contributed by atoms with Crippen LogP contribution in [0.5, 0.6) is 5.75 Å². The Morgan fingerprint density at radius 3 is 1.98 bits per heavy atom. The van der Waals surface area contributed by atoms with Gasteiger partial charge in [0.2, 0.25) is 5.82 Å². The van der Waals surface area contributed by atoms with Crippen LogP contribution in [0.1, 0.15) is 53.3 Å². The van der Waals surface area contributed by atoms with Gasteiger partial charge in [0.15, 0.2) is 0 Å². The van der Waals surface area contributed by atoms with Crippen molar-refractivity contribution in [1.82, 2.24) is 30.2 Å². The topological polar surface area (TPSA) is 125 Å². The number of unbranched alkanes of at least 4 members (excludes halogenated alkanes) is 1. The summed E-state index contributed by atoms with van der Waals surface area (Å²) >= 11 is 0. The number of benzene rings is 4. The fourth-order valence-corrected chi connectivity index (χ4v) is 7.06. The number of aromatic amines is 1. The molecule has 3 aromatic heterocycles. The molecule has 0 atom stereocenters. The standard InChI is InChI=1S/C43H38N6O4/c1-3-4-21-34-26-35(53-42(51)52-2)27-39(50)49(34)29-30-24-25-38(44-28-30)36-22-14-23-37(41-45-47-48-46-41)40(36)43(31-15-8-5-9-16-31,32-17-10-6-11-18-32)33-19-12-7-13-20-33/h5-20,22-28H,3-4,21,29H2,1-2H3,(H,45,46,47,48). The zero-order valence-corrected chi connectivity index (χ0v) is 29.5. The van der Waals surface area contributed by atoms with Crippen LogP contribution in [0, 0.1) is 0 Å². The van der Waals surface area contributed by atoms with Gasteiger partial charge in [0.25, 0.3) is 5.56 Å². The number of rotatable bonds is 12. The van der Waals surface area contributed by atoms with Crippen molar-refractivity contribution in [2.24, 2.45) is 0 Å². The van der Waals surface area contributed by atoms with Crippen molar-refractivity contribution in [1.29, 1.82) is 0 Å². The predicted molar refractivity (Wildman–Crippen MR) is 203 cm³/mol. The van der Waals surface area contributed by atoms with Crippen molar-refractivity contribution in [2.45, 2.75) is 38.1 Å². The maximum absolute atomic E-state index is 13.4. The number of pyridine rings is 2. The summed E-state index contributed by atoms with van der Waals surface area (Å²) in [5.74, 6) is 0.620. The number of ether oxygens (including phenoxy) is 2. The van der Waals surface area contributed by atoms with Crippen LogP contribution in [0.15, 0.2) is 144 Å². The maximum atomic E-state index is 13.4. The molecule has 0 aliphatic rings. The summed E-state index contributed by atoms with van der Waals surface area (Å²) < 4.78 is 11.5. The monoisotopic (exact) mass is 702 g/mol. The third-order valence-corrected chi connectivity index (χ3v) is 9.43. The molecule has 53 heavy (non-hydrogen) atoms. The number of tetrazole rings is 1. The zero-order chi connectivity index (χ0) is 36.6. The lowest BCUT2D eigenvalue weighted by Gasteiger charge is -2.39. The Morgan fingerprint density at radius 1 is 0.792 bits per heavy atom. The molecule has 0 amide bonds. The molecule has 0 bridgehead atoms. The van der Waals surface area contributed by atoms with E-state index in [-0.39, 0.29) is 11.3 Å². The number of methoxy groups -OCH3 is 1. The van der Waals surface area contributed by atoms with E-state index in [9.17, 15) is 9.59 Å². The largest absolute Gasteiger partial charge is 0.513 e. The molecule has 264 valence electrons. The van der Waals surface area contributed by atoms with E-state index in [0.717, 1.165) is 63.2 Å². The first-order valence-corrected chi connectivity index (χ1v) is 17.5. The highest BCUT2D eigenvalue weighted by molar-refractivity contribution is 5.81. The fourth-order valence-electron chi connectivity index (χ4n) is 7.06. The minimum Gasteiger partial charge on any atom is -0.437 e. The van der Waals surface area contributed by atoms with Gasteiger partial charge in [-0.1, -0.05) is 129 Å². The molecule has 10 heteroatoms. The minimum absolute atomic E-state index is 0.158. The van der Waals surface area contributed by atoms with E-state index < -0.39 is 11.6 Å². The van der Waals surface area contributed by atoms with Gasteiger partial charge >= 0.3 is 6.16 Å². The molecule has 0 fully saturated rings. The van der Waals surface area contributed by atoms with Gasteiger partial charge in [-0.2, -0.15) is 5.21 Å². The van der Waals surface area contributed by atoms with Gasteiger partial charge in [-0.3, -0.25) is 9.78 Å². The second-order valence-corrected chi connectivity index (χ2v) is 12.6. The second kappa shape index (κ2) is 15.7.